The number of aliphatic carboxylic acids is 1. The number of aryl methyl sites for hydroxylation is 2. The molecule has 2 saturated carbocycles. The van der Waals surface area contributed by atoms with Crippen molar-refractivity contribution in [3.05, 3.63) is 76.0 Å². The number of benzene rings is 2. The Hall–Kier alpha value is -3.56. The molecule has 3 aliphatic rings. The number of halogens is 2. The second kappa shape index (κ2) is 10.1. The summed E-state index contributed by atoms with van der Waals surface area (Å²) in [4.78, 5) is 15.6. The number of aliphatic hydroxyl groups is 2. The summed E-state index contributed by atoms with van der Waals surface area (Å²) in [5.74, 6) is -1.47. The van der Waals surface area contributed by atoms with Crippen molar-refractivity contribution in [2.24, 2.45) is 17.8 Å². The number of pyridine rings is 1. The van der Waals surface area contributed by atoms with Gasteiger partial charge in [-0.3, -0.25) is 4.79 Å². The Morgan fingerprint density at radius 2 is 1.80 bits per heavy atom. The van der Waals surface area contributed by atoms with Gasteiger partial charge in [0.25, 0.3) is 0 Å². The van der Waals surface area contributed by atoms with Gasteiger partial charge in [-0.2, -0.15) is 0 Å². The van der Waals surface area contributed by atoms with Crippen LogP contribution in [0.5, 0.6) is 11.6 Å². The average molecular weight is 566 g/mol. The Morgan fingerprint density at radius 3 is 2.46 bits per heavy atom. The third-order valence-corrected chi connectivity index (χ3v) is 9.15. The van der Waals surface area contributed by atoms with Gasteiger partial charge in [-0.25, -0.2) is 13.8 Å². The molecule has 0 unspecified atom stereocenters. The van der Waals surface area contributed by atoms with Crippen LogP contribution in [0.25, 0.3) is 11.1 Å². The van der Waals surface area contributed by atoms with Gasteiger partial charge >= 0.3 is 5.97 Å². The van der Waals surface area contributed by atoms with Crippen LogP contribution in [0.3, 0.4) is 0 Å². The molecule has 3 aliphatic carbocycles. The van der Waals surface area contributed by atoms with E-state index in [4.69, 9.17) is 9.47 Å². The van der Waals surface area contributed by atoms with Crippen molar-refractivity contribution in [3.8, 4) is 22.8 Å². The van der Waals surface area contributed by atoms with E-state index in [1.807, 2.05) is 26.0 Å². The van der Waals surface area contributed by atoms with Crippen molar-refractivity contribution in [2.75, 3.05) is 6.61 Å². The third kappa shape index (κ3) is 4.95. The number of hydrogen-bond acceptors (Lipinski definition) is 6. The number of aromatic nitrogens is 1. The lowest BCUT2D eigenvalue weighted by atomic mass is 9.72. The van der Waals surface area contributed by atoms with Crippen LogP contribution in [-0.4, -0.2) is 44.6 Å². The van der Waals surface area contributed by atoms with Gasteiger partial charge in [-0.15, -0.1) is 0 Å². The number of ether oxygens (including phenoxy) is 2. The fourth-order valence-electron chi connectivity index (χ4n) is 6.64. The highest BCUT2D eigenvalue weighted by Crippen LogP contribution is 2.61. The van der Waals surface area contributed by atoms with Gasteiger partial charge in [-0.1, -0.05) is 0 Å². The molecule has 1 heterocycles. The summed E-state index contributed by atoms with van der Waals surface area (Å²) >= 11 is 0. The van der Waals surface area contributed by atoms with E-state index in [-0.39, 0.29) is 54.1 Å². The van der Waals surface area contributed by atoms with Crippen LogP contribution >= 0.6 is 0 Å². The second-order valence-electron chi connectivity index (χ2n) is 12.0. The first-order valence-corrected chi connectivity index (χ1v) is 13.9. The number of hydrogen-bond donors (Lipinski definition) is 3. The number of nitrogens with zero attached hydrogens (tertiary/aromatic N) is 1. The zero-order chi connectivity index (χ0) is 29.2. The van der Waals surface area contributed by atoms with E-state index in [1.165, 1.54) is 6.07 Å². The van der Waals surface area contributed by atoms with Gasteiger partial charge in [0.05, 0.1) is 24.2 Å². The summed E-state index contributed by atoms with van der Waals surface area (Å²) in [7, 11) is 0. The fraction of sp³-hybridized carbons (Fsp3) is 0.438. The summed E-state index contributed by atoms with van der Waals surface area (Å²) < 4.78 is 41.7. The SMILES string of the molecule is Cc1cc(O[C@H]2C[C@H]([C@](C)(O)CO)C2)cc(C)c1-c1cc(COc2cc3c(cn2)[C@H]2[C@@H](C3)[C@@H]2C(=O)O)c(F)cc1F. The molecule has 0 aliphatic heterocycles. The molecule has 2 fully saturated rings. The topological polar surface area (TPSA) is 109 Å². The number of carboxylic acids is 1. The van der Waals surface area contributed by atoms with E-state index in [0.717, 1.165) is 28.3 Å². The molecule has 7 nitrogen and oxygen atoms in total. The molecule has 0 saturated heterocycles. The van der Waals surface area contributed by atoms with Crippen LogP contribution in [0.1, 0.15) is 53.5 Å². The molecular weight excluding hydrogens is 532 g/mol. The maximum Gasteiger partial charge on any atom is 0.307 e. The molecule has 4 atom stereocenters. The molecular formula is C32H33F2NO6. The zero-order valence-corrected chi connectivity index (χ0v) is 23.2. The van der Waals surface area contributed by atoms with Crippen LogP contribution in [-0.2, 0) is 17.8 Å². The lowest BCUT2D eigenvalue weighted by Gasteiger charge is -2.43. The summed E-state index contributed by atoms with van der Waals surface area (Å²) in [6.45, 7) is 4.88. The van der Waals surface area contributed by atoms with Gasteiger partial charge in [0.1, 0.15) is 24.0 Å². The van der Waals surface area contributed by atoms with Crippen molar-refractivity contribution >= 4 is 5.97 Å². The maximum absolute atomic E-state index is 15.1. The highest BCUT2D eigenvalue weighted by Gasteiger charge is 2.60. The number of aliphatic hydroxyl groups excluding tert-OH is 1. The largest absolute Gasteiger partial charge is 0.490 e. The van der Waals surface area contributed by atoms with Gasteiger partial charge in [0, 0.05) is 35.4 Å². The standard InChI is InChI=1S/C32H33F2NO6/c1-15-4-20(41-21-9-19(10-21)32(3,39)14-36)5-16(2)28(15)22-7-18(25(33)11-26(22)34)13-40-27-8-17-6-23-29(24(17)12-35-27)30(23)31(37)38/h4-5,7-8,11-12,19,21,23,29-30,36,39H,6,9-10,13-14H2,1-3H3,(H,37,38)/t19-,21-,23-,29-,30+,32-/m1/s1. The van der Waals surface area contributed by atoms with Crippen molar-refractivity contribution in [3.63, 3.8) is 0 Å². The number of fused-ring (bicyclic) bond motifs is 3. The molecule has 3 N–H and O–H groups in total. The highest BCUT2D eigenvalue weighted by atomic mass is 19.1. The Labute approximate surface area is 236 Å². The average Bonchev–Trinajstić information content (AvgIpc) is 3.48. The molecule has 216 valence electrons. The fourth-order valence-corrected chi connectivity index (χ4v) is 6.64. The molecule has 9 heteroatoms. The number of carboxylic acid groups (broad SMARTS) is 1. The predicted molar refractivity (Wildman–Crippen MR) is 146 cm³/mol. The first kappa shape index (κ1) is 27.6. The highest BCUT2D eigenvalue weighted by molar-refractivity contribution is 5.78. The number of carbonyl (C=O) groups is 1. The van der Waals surface area contributed by atoms with Crippen molar-refractivity contribution in [1.82, 2.24) is 4.98 Å². The van der Waals surface area contributed by atoms with Crippen LogP contribution in [0.4, 0.5) is 8.78 Å². The van der Waals surface area contributed by atoms with Crippen LogP contribution < -0.4 is 9.47 Å². The first-order chi connectivity index (χ1) is 19.5. The summed E-state index contributed by atoms with van der Waals surface area (Å²) in [5.41, 5.74) is 3.46. The van der Waals surface area contributed by atoms with Gasteiger partial charge in [0.2, 0.25) is 5.88 Å². The minimum absolute atomic E-state index is 0.0117. The molecule has 2 aromatic carbocycles. The Balaban J connectivity index is 1.16. The normalized spacial score (nSPS) is 25.5. The number of rotatable bonds is 9. The minimum Gasteiger partial charge on any atom is -0.490 e. The Bertz CT molecular complexity index is 1510. The second-order valence-corrected chi connectivity index (χ2v) is 12.0. The minimum atomic E-state index is -1.13. The van der Waals surface area contributed by atoms with Gasteiger partial charge in [0.15, 0.2) is 0 Å². The van der Waals surface area contributed by atoms with E-state index in [0.29, 0.717) is 36.5 Å². The smallest absolute Gasteiger partial charge is 0.307 e. The van der Waals surface area contributed by atoms with Gasteiger partial charge in [-0.05, 0) is 97.9 Å². The lowest BCUT2D eigenvalue weighted by Crippen LogP contribution is -2.49. The van der Waals surface area contributed by atoms with E-state index in [9.17, 15) is 24.5 Å². The van der Waals surface area contributed by atoms with Crippen molar-refractivity contribution in [2.45, 2.75) is 64.3 Å². The molecule has 0 amide bonds. The summed E-state index contributed by atoms with van der Waals surface area (Å²) in [5, 5.41) is 28.9. The maximum atomic E-state index is 15.1. The Kier molecular flexibility index (Phi) is 6.77. The van der Waals surface area contributed by atoms with Crippen LogP contribution in [0, 0.1) is 43.2 Å². The van der Waals surface area contributed by atoms with E-state index >= 15 is 4.39 Å². The van der Waals surface area contributed by atoms with E-state index in [2.05, 4.69) is 4.98 Å². The summed E-state index contributed by atoms with van der Waals surface area (Å²) in [6.07, 6.45) is 3.50. The zero-order valence-electron chi connectivity index (χ0n) is 23.2. The first-order valence-electron chi connectivity index (χ1n) is 13.9. The molecule has 1 aromatic heterocycles. The van der Waals surface area contributed by atoms with Crippen LogP contribution in [0.15, 0.2) is 36.5 Å². The molecule has 3 aromatic rings. The van der Waals surface area contributed by atoms with Crippen molar-refractivity contribution < 1.29 is 38.4 Å². The quantitative estimate of drug-likeness (QED) is 0.332. The summed E-state index contributed by atoms with van der Waals surface area (Å²) in [6, 6.07) is 7.77. The molecule has 0 bridgehead atoms. The third-order valence-electron chi connectivity index (χ3n) is 9.15. The van der Waals surface area contributed by atoms with Crippen molar-refractivity contribution in [1.29, 1.82) is 0 Å². The van der Waals surface area contributed by atoms with E-state index < -0.39 is 23.2 Å². The molecule has 0 spiro atoms. The van der Waals surface area contributed by atoms with E-state index in [1.54, 1.807) is 19.2 Å². The predicted octanol–water partition coefficient (Wildman–Crippen LogP) is 5.09. The molecule has 6 rings (SSSR count). The van der Waals surface area contributed by atoms with Gasteiger partial charge < -0.3 is 24.8 Å². The monoisotopic (exact) mass is 565 g/mol. The lowest BCUT2D eigenvalue weighted by molar-refractivity contribution is -0.139. The molecule has 0 radical (unpaired) electrons. The van der Waals surface area contributed by atoms with Crippen LogP contribution in [0.2, 0.25) is 0 Å². The Morgan fingerprint density at radius 1 is 1.10 bits per heavy atom. The molecule has 41 heavy (non-hydrogen) atoms.